The fraction of sp³-hybridized carbons (Fsp3) is 0.500. The van der Waals surface area contributed by atoms with E-state index < -0.39 is 0 Å². The van der Waals surface area contributed by atoms with Gasteiger partial charge in [-0.1, -0.05) is 6.92 Å². The van der Waals surface area contributed by atoms with E-state index >= 15 is 0 Å². The first-order chi connectivity index (χ1) is 8.61. The molecule has 98 valence electrons. The van der Waals surface area contributed by atoms with Gasteiger partial charge in [0.25, 0.3) is 0 Å². The summed E-state index contributed by atoms with van der Waals surface area (Å²) in [6, 6.07) is 4.21. The molecule has 1 aromatic rings. The minimum atomic E-state index is -0.143. The average Bonchev–Trinajstić information content (AvgIpc) is 2.76. The van der Waals surface area contributed by atoms with E-state index in [-0.39, 0.29) is 11.8 Å². The molecule has 0 bridgehead atoms. The SMILES string of the molecule is COC[C@@H](C)C(=O)Nc1cc2c(cc1Br)CCC2. The van der Waals surface area contributed by atoms with Gasteiger partial charge in [-0.05, 0) is 58.5 Å². The van der Waals surface area contributed by atoms with Gasteiger partial charge in [0.1, 0.15) is 0 Å². The Kier molecular flexibility index (Phi) is 4.40. The van der Waals surface area contributed by atoms with Crippen molar-refractivity contribution in [2.24, 2.45) is 5.92 Å². The van der Waals surface area contributed by atoms with Gasteiger partial charge in [-0.2, -0.15) is 0 Å². The highest BCUT2D eigenvalue weighted by molar-refractivity contribution is 9.10. The fourth-order valence-corrected chi connectivity index (χ4v) is 2.76. The van der Waals surface area contributed by atoms with Crippen molar-refractivity contribution < 1.29 is 9.53 Å². The molecule has 1 atom stereocenters. The number of aryl methyl sites for hydroxylation is 2. The maximum Gasteiger partial charge on any atom is 0.229 e. The van der Waals surface area contributed by atoms with Crippen molar-refractivity contribution in [3.63, 3.8) is 0 Å². The summed E-state index contributed by atoms with van der Waals surface area (Å²) in [5.41, 5.74) is 3.61. The zero-order valence-corrected chi connectivity index (χ0v) is 12.3. The molecule has 0 saturated heterocycles. The predicted octanol–water partition coefficient (Wildman–Crippen LogP) is 3.16. The van der Waals surface area contributed by atoms with E-state index in [0.29, 0.717) is 6.61 Å². The lowest BCUT2D eigenvalue weighted by atomic mass is 10.1. The summed E-state index contributed by atoms with van der Waals surface area (Å²) in [4.78, 5) is 11.9. The summed E-state index contributed by atoms with van der Waals surface area (Å²) in [5.74, 6) is -0.148. The second-order valence-corrected chi connectivity index (χ2v) is 5.65. The molecule has 1 N–H and O–H groups in total. The average molecular weight is 312 g/mol. The Morgan fingerprint density at radius 3 is 2.78 bits per heavy atom. The number of hydrogen-bond acceptors (Lipinski definition) is 2. The molecule has 1 aromatic carbocycles. The van der Waals surface area contributed by atoms with E-state index in [9.17, 15) is 4.79 Å². The Bertz CT molecular complexity index is 459. The molecule has 1 aliphatic carbocycles. The van der Waals surface area contributed by atoms with Gasteiger partial charge < -0.3 is 10.1 Å². The molecule has 0 spiro atoms. The van der Waals surface area contributed by atoms with Crippen LogP contribution in [0.5, 0.6) is 0 Å². The highest BCUT2D eigenvalue weighted by atomic mass is 79.9. The molecule has 2 rings (SSSR count). The van der Waals surface area contributed by atoms with Gasteiger partial charge in [-0.15, -0.1) is 0 Å². The number of amides is 1. The summed E-state index contributed by atoms with van der Waals surface area (Å²) in [6.07, 6.45) is 3.46. The summed E-state index contributed by atoms with van der Waals surface area (Å²) in [6.45, 7) is 2.30. The van der Waals surface area contributed by atoms with Crippen LogP contribution in [0.1, 0.15) is 24.5 Å². The van der Waals surface area contributed by atoms with Crippen LogP contribution in [0.2, 0.25) is 0 Å². The van der Waals surface area contributed by atoms with Gasteiger partial charge in [0.05, 0.1) is 18.2 Å². The summed E-state index contributed by atoms with van der Waals surface area (Å²) in [5, 5.41) is 2.96. The number of ether oxygens (including phenoxy) is 1. The maximum atomic E-state index is 11.9. The van der Waals surface area contributed by atoms with Crippen LogP contribution < -0.4 is 5.32 Å². The topological polar surface area (TPSA) is 38.3 Å². The number of carbonyl (C=O) groups is 1. The van der Waals surface area contributed by atoms with Gasteiger partial charge in [0.15, 0.2) is 0 Å². The molecule has 0 heterocycles. The van der Waals surface area contributed by atoms with Gasteiger partial charge in [0.2, 0.25) is 5.91 Å². The fourth-order valence-electron chi connectivity index (χ4n) is 2.27. The van der Waals surface area contributed by atoms with Crippen molar-refractivity contribution in [3.8, 4) is 0 Å². The number of carbonyl (C=O) groups excluding carboxylic acids is 1. The number of halogens is 1. The van der Waals surface area contributed by atoms with Gasteiger partial charge in [-0.25, -0.2) is 0 Å². The van der Waals surface area contributed by atoms with E-state index in [2.05, 4.69) is 33.4 Å². The summed E-state index contributed by atoms with van der Waals surface area (Å²) < 4.78 is 5.95. The third-order valence-electron chi connectivity index (χ3n) is 3.30. The number of anilines is 1. The zero-order chi connectivity index (χ0) is 13.1. The van der Waals surface area contributed by atoms with Crippen molar-refractivity contribution in [2.75, 3.05) is 19.0 Å². The molecule has 3 nitrogen and oxygen atoms in total. The van der Waals surface area contributed by atoms with Gasteiger partial charge in [0, 0.05) is 11.6 Å². The van der Waals surface area contributed by atoms with Crippen LogP contribution in [0.15, 0.2) is 16.6 Å². The summed E-state index contributed by atoms with van der Waals surface area (Å²) >= 11 is 3.52. The van der Waals surface area contributed by atoms with E-state index in [1.807, 2.05) is 6.92 Å². The number of nitrogens with one attached hydrogen (secondary N) is 1. The van der Waals surface area contributed by atoms with Crippen LogP contribution in [-0.2, 0) is 22.4 Å². The van der Waals surface area contributed by atoms with Gasteiger partial charge in [-0.3, -0.25) is 4.79 Å². The van der Waals surface area contributed by atoms with Crippen molar-refractivity contribution in [1.82, 2.24) is 0 Å². The van der Waals surface area contributed by atoms with Crippen LogP contribution in [0.3, 0.4) is 0 Å². The number of fused-ring (bicyclic) bond motifs is 1. The minimum absolute atomic E-state index is 0.00417. The van der Waals surface area contributed by atoms with Crippen LogP contribution in [0, 0.1) is 5.92 Å². The molecule has 1 amide bonds. The smallest absolute Gasteiger partial charge is 0.229 e. The Morgan fingerprint density at radius 2 is 2.11 bits per heavy atom. The number of rotatable bonds is 4. The first-order valence-corrected chi connectivity index (χ1v) is 7.02. The summed E-state index contributed by atoms with van der Waals surface area (Å²) in [7, 11) is 1.61. The Morgan fingerprint density at radius 1 is 1.44 bits per heavy atom. The van der Waals surface area contributed by atoms with Crippen LogP contribution >= 0.6 is 15.9 Å². The third-order valence-corrected chi connectivity index (χ3v) is 3.96. The molecule has 1 aliphatic rings. The maximum absolute atomic E-state index is 11.9. The first kappa shape index (κ1) is 13.6. The predicted molar refractivity (Wildman–Crippen MR) is 75.8 cm³/mol. The standard InChI is InChI=1S/C14H18BrNO2/c1-9(8-18-2)14(17)16-13-7-11-5-3-4-10(11)6-12(13)15/h6-7,9H,3-5,8H2,1-2H3,(H,16,17)/t9-/m1/s1. The molecule has 18 heavy (non-hydrogen) atoms. The number of benzene rings is 1. The highest BCUT2D eigenvalue weighted by Gasteiger charge is 2.17. The first-order valence-electron chi connectivity index (χ1n) is 6.23. The Hall–Kier alpha value is -0.870. The largest absolute Gasteiger partial charge is 0.384 e. The number of methoxy groups -OCH3 is 1. The molecule has 0 fully saturated rings. The van der Waals surface area contributed by atoms with Crippen molar-refractivity contribution in [1.29, 1.82) is 0 Å². The lowest BCUT2D eigenvalue weighted by molar-refractivity contribution is -0.120. The second-order valence-electron chi connectivity index (χ2n) is 4.80. The normalized spacial score (nSPS) is 15.3. The van der Waals surface area contributed by atoms with Crippen LogP contribution in [-0.4, -0.2) is 19.6 Å². The quantitative estimate of drug-likeness (QED) is 0.927. The Labute approximate surface area is 116 Å². The molecule has 0 saturated carbocycles. The van der Waals surface area contributed by atoms with E-state index in [1.165, 1.54) is 17.5 Å². The van der Waals surface area contributed by atoms with Gasteiger partial charge >= 0.3 is 0 Å². The minimum Gasteiger partial charge on any atom is -0.384 e. The molecule has 0 radical (unpaired) electrons. The molecule has 0 unspecified atom stereocenters. The van der Waals surface area contributed by atoms with Crippen LogP contribution in [0.25, 0.3) is 0 Å². The van der Waals surface area contributed by atoms with E-state index in [0.717, 1.165) is 23.0 Å². The van der Waals surface area contributed by atoms with E-state index in [4.69, 9.17) is 4.74 Å². The molecule has 4 heteroatoms. The van der Waals surface area contributed by atoms with E-state index in [1.54, 1.807) is 7.11 Å². The lowest BCUT2D eigenvalue weighted by Crippen LogP contribution is -2.24. The molecule has 0 aromatic heterocycles. The monoisotopic (exact) mass is 311 g/mol. The highest BCUT2D eigenvalue weighted by Crippen LogP contribution is 2.31. The number of hydrogen-bond donors (Lipinski definition) is 1. The lowest BCUT2D eigenvalue weighted by Gasteiger charge is -2.13. The van der Waals surface area contributed by atoms with Crippen molar-refractivity contribution in [3.05, 3.63) is 27.7 Å². The molecular formula is C14H18BrNO2. The van der Waals surface area contributed by atoms with Crippen molar-refractivity contribution in [2.45, 2.75) is 26.2 Å². The van der Waals surface area contributed by atoms with Crippen LogP contribution in [0.4, 0.5) is 5.69 Å². The second kappa shape index (κ2) is 5.85. The van der Waals surface area contributed by atoms with Crippen molar-refractivity contribution >= 4 is 27.5 Å². The zero-order valence-electron chi connectivity index (χ0n) is 10.8. The third kappa shape index (κ3) is 2.93. The molecule has 0 aliphatic heterocycles. The Balaban J connectivity index is 2.12. The molecular weight excluding hydrogens is 294 g/mol.